The molecule has 2 aromatic heterocycles. The number of ether oxygens (including phenoxy) is 2. The van der Waals surface area contributed by atoms with Gasteiger partial charge < -0.3 is 9.47 Å². The summed E-state index contributed by atoms with van der Waals surface area (Å²) in [5, 5.41) is 9.24. The van der Waals surface area contributed by atoms with Gasteiger partial charge in [0, 0.05) is 18.4 Å². The van der Waals surface area contributed by atoms with Crippen molar-refractivity contribution in [1.82, 2.24) is 19.2 Å². The first-order valence-electron chi connectivity index (χ1n) is 9.06. The zero-order valence-electron chi connectivity index (χ0n) is 15.3. The predicted molar refractivity (Wildman–Crippen MR) is 107 cm³/mol. The second kappa shape index (κ2) is 6.87. The van der Waals surface area contributed by atoms with Gasteiger partial charge in [-0.1, -0.05) is 12.1 Å². The molecule has 0 radical (unpaired) electrons. The van der Waals surface area contributed by atoms with Gasteiger partial charge in [0.15, 0.2) is 11.5 Å². The van der Waals surface area contributed by atoms with Crippen molar-refractivity contribution in [3.8, 4) is 11.5 Å². The predicted octanol–water partition coefficient (Wildman–Crippen LogP) is 3.03. The number of aryl methyl sites for hydroxylation is 1. The Hall–Kier alpha value is -3.00. The average molecular weight is 394 g/mol. The molecule has 28 heavy (non-hydrogen) atoms. The molecule has 4 aromatic rings. The van der Waals surface area contributed by atoms with Gasteiger partial charge in [0.1, 0.15) is 5.82 Å². The fraction of sp³-hybridized carbons (Fsp3) is 0.250. The Morgan fingerprint density at radius 2 is 1.89 bits per heavy atom. The van der Waals surface area contributed by atoms with Gasteiger partial charge >= 0.3 is 0 Å². The number of aromatic nitrogens is 4. The molecule has 0 unspecified atom stereocenters. The van der Waals surface area contributed by atoms with Crippen molar-refractivity contribution in [1.29, 1.82) is 0 Å². The molecule has 0 aliphatic carbocycles. The first kappa shape index (κ1) is 17.1. The first-order chi connectivity index (χ1) is 13.7. The molecule has 0 fully saturated rings. The maximum atomic E-state index is 12.5. The maximum Gasteiger partial charge on any atom is 0.262 e. The minimum atomic E-state index is -0.0717. The van der Waals surface area contributed by atoms with E-state index in [9.17, 15) is 4.79 Å². The number of rotatable bonds is 3. The molecule has 1 aliphatic rings. The molecular formula is C20H18N4O3S. The molecule has 2 aromatic carbocycles. The van der Waals surface area contributed by atoms with E-state index in [2.05, 4.69) is 10.2 Å². The van der Waals surface area contributed by atoms with Crippen LogP contribution in [-0.2, 0) is 12.8 Å². The Labute approximate surface area is 164 Å². The molecule has 8 heteroatoms. The largest absolute Gasteiger partial charge is 0.490 e. The third kappa shape index (κ3) is 2.80. The zero-order chi connectivity index (χ0) is 19.1. The summed E-state index contributed by atoms with van der Waals surface area (Å²) in [4.78, 5) is 13.6. The van der Waals surface area contributed by atoms with Crippen molar-refractivity contribution in [2.24, 2.45) is 7.05 Å². The van der Waals surface area contributed by atoms with E-state index in [4.69, 9.17) is 9.47 Å². The first-order valence-corrected chi connectivity index (χ1v) is 10.0. The summed E-state index contributed by atoms with van der Waals surface area (Å²) < 4.78 is 15.0. The summed E-state index contributed by atoms with van der Waals surface area (Å²) in [7, 11) is 1.72. The number of benzene rings is 2. The Kier molecular flexibility index (Phi) is 4.20. The Balaban J connectivity index is 1.51. The molecule has 1 aliphatic heterocycles. The van der Waals surface area contributed by atoms with Gasteiger partial charge in [0.2, 0.25) is 5.78 Å². The molecule has 0 spiro atoms. The minimum absolute atomic E-state index is 0.0717. The third-order valence-electron chi connectivity index (χ3n) is 4.78. The van der Waals surface area contributed by atoms with Gasteiger partial charge in [-0.25, -0.2) is 0 Å². The van der Waals surface area contributed by atoms with E-state index in [1.54, 1.807) is 18.8 Å². The van der Waals surface area contributed by atoms with E-state index >= 15 is 0 Å². The molecule has 5 rings (SSSR count). The van der Waals surface area contributed by atoms with Gasteiger partial charge in [-0.05, 0) is 30.3 Å². The summed E-state index contributed by atoms with van der Waals surface area (Å²) in [6, 6.07) is 13.5. The molecule has 142 valence electrons. The normalized spacial score (nSPS) is 13.8. The van der Waals surface area contributed by atoms with Crippen LogP contribution in [0.2, 0.25) is 0 Å². The fourth-order valence-electron chi connectivity index (χ4n) is 3.37. The summed E-state index contributed by atoms with van der Waals surface area (Å²) in [5.41, 5.74) is 0.748. The number of hydrogen-bond donors (Lipinski definition) is 0. The van der Waals surface area contributed by atoms with E-state index in [-0.39, 0.29) is 5.56 Å². The zero-order valence-corrected chi connectivity index (χ0v) is 16.1. The van der Waals surface area contributed by atoms with Crippen LogP contribution in [0.3, 0.4) is 0 Å². The van der Waals surface area contributed by atoms with Crippen LogP contribution in [0.5, 0.6) is 11.5 Å². The lowest BCUT2D eigenvalue weighted by molar-refractivity contribution is 0.297. The molecule has 7 nitrogen and oxygen atoms in total. The minimum Gasteiger partial charge on any atom is -0.490 e. The molecule has 0 saturated heterocycles. The summed E-state index contributed by atoms with van der Waals surface area (Å²) in [6.07, 6.45) is 0.884. The van der Waals surface area contributed by atoms with Crippen LogP contribution in [0, 0.1) is 0 Å². The van der Waals surface area contributed by atoms with E-state index in [1.165, 1.54) is 4.57 Å². The van der Waals surface area contributed by atoms with Crippen LogP contribution in [0.4, 0.5) is 0 Å². The highest BCUT2D eigenvalue weighted by atomic mass is 32.2. The maximum absolute atomic E-state index is 12.5. The Morgan fingerprint density at radius 1 is 1.07 bits per heavy atom. The second-order valence-corrected chi connectivity index (χ2v) is 7.63. The topological polar surface area (TPSA) is 70.7 Å². The van der Waals surface area contributed by atoms with Crippen LogP contribution in [0.25, 0.3) is 16.7 Å². The van der Waals surface area contributed by atoms with Crippen molar-refractivity contribution in [3.63, 3.8) is 0 Å². The number of fused-ring (bicyclic) bond motifs is 4. The molecular weight excluding hydrogens is 376 g/mol. The highest BCUT2D eigenvalue weighted by molar-refractivity contribution is 7.98. The molecule has 0 saturated carbocycles. The standard InChI is InChI=1S/C20H18N4O3S/c1-23-19(25)14-5-2-3-6-15(14)24-18(21-22-20(23)24)12-28-13-7-8-16-17(11-13)27-10-4-9-26-16/h2-3,5-8,11H,4,9-10,12H2,1H3. The number of hydrogen-bond acceptors (Lipinski definition) is 6. The van der Waals surface area contributed by atoms with Gasteiger partial charge in [-0.2, -0.15) is 0 Å². The highest BCUT2D eigenvalue weighted by Crippen LogP contribution is 2.34. The van der Waals surface area contributed by atoms with Crippen LogP contribution in [0.1, 0.15) is 12.2 Å². The molecule has 0 N–H and O–H groups in total. The Morgan fingerprint density at radius 3 is 2.79 bits per heavy atom. The molecule has 0 atom stereocenters. The van der Waals surface area contributed by atoms with Crippen molar-refractivity contribution < 1.29 is 9.47 Å². The van der Waals surface area contributed by atoms with E-state index in [0.717, 1.165) is 34.2 Å². The van der Waals surface area contributed by atoms with Gasteiger partial charge in [0.25, 0.3) is 5.56 Å². The lowest BCUT2D eigenvalue weighted by Gasteiger charge is -2.10. The number of thioether (sulfide) groups is 1. The lowest BCUT2D eigenvalue weighted by Crippen LogP contribution is -2.20. The van der Waals surface area contributed by atoms with Gasteiger partial charge in [0.05, 0.1) is 29.9 Å². The monoisotopic (exact) mass is 394 g/mol. The van der Waals surface area contributed by atoms with E-state index < -0.39 is 0 Å². The Bertz CT molecular complexity index is 1250. The van der Waals surface area contributed by atoms with Crippen LogP contribution in [-0.4, -0.2) is 32.4 Å². The lowest BCUT2D eigenvalue weighted by atomic mass is 10.2. The highest BCUT2D eigenvalue weighted by Gasteiger charge is 2.15. The van der Waals surface area contributed by atoms with Crippen molar-refractivity contribution in [3.05, 3.63) is 58.6 Å². The number of nitrogens with zero attached hydrogens (tertiary/aromatic N) is 4. The van der Waals surface area contributed by atoms with Crippen LogP contribution < -0.4 is 15.0 Å². The fourth-order valence-corrected chi connectivity index (χ4v) is 4.20. The smallest absolute Gasteiger partial charge is 0.262 e. The summed E-state index contributed by atoms with van der Waals surface area (Å²) in [6.45, 7) is 1.34. The summed E-state index contributed by atoms with van der Waals surface area (Å²) >= 11 is 1.64. The van der Waals surface area contributed by atoms with Crippen molar-refractivity contribution >= 4 is 28.4 Å². The summed E-state index contributed by atoms with van der Waals surface area (Å²) in [5.74, 6) is 3.51. The number of para-hydroxylation sites is 1. The van der Waals surface area contributed by atoms with E-state index in [0.29, 0.717) is 30.1 Å². The van der Waals surface area contributed by atoms with Crippen molar-refractivity contribution in [2.75, 3.05) is 13.2 Å². The van der Waals surface area contributed by atoms with E-state index in [1.807, 2.05) is 46.9 Å². The second-order valence-electron chi connectivity index (χ2n) is 6.58. The van der Waals surface area contributed by atoms with Crippen molar-refractivity contribution in [2.45, 2.75) is 17.1 Å². The SMILES string of the molecule is Cn1c(=O)c2ccccc2n2c(CSc3ccc4c(c3)OCCCO4)nnc12. The average Bonchev–Trinajstić information content (AvgIpc) is 3.01. The van der Waals surface area contributed by atoms with Crippen LogP contribution >= 0.6 is 11.8 Å². The molecule has 0 bridgehead atoms. The van der Waals surface area contributed by atoms with Gasteiger partial charge in [-0.15, -0.1) is 22.0 Å². The third-order valence-corrected chi connectivity index (χ3v) is 5.77. The quantitative estimate of drug-likeness (QED) is 0.498. The van der Waals surface area contributed by atoms with Crippen LogP contribution in [0.15, 0.2) is 52.2 Å². The van der Waals surface area contributed by atoms with Gasteiger partial charge in [-0.3, -0.25) is 13.8 Å². The molecule has 0 amide bonds. The molecule has 3 heterocycles.